The van der Waals surface area contributed by atoms with Gasteiger partial charge in [-0.3, -0.25) is 9.69 Å². The second-order valence-electron chi connectivity index (χ2n) is 4.26. The van der Waals surface area contributed by atoms with Gasteiger partial charge in [-0.25, -0.2) is 0 Å². The molecule has 0 saturated carbocycles. The summed E-state index contributed by atoms with van der Waals surface area (Å²) in [7, 11) is 0. The first-order valence-electron chi connectivity index (χ1n) is 6.03. The highest BCUT2D eigenvalue weighted by Crippen LogP contribution is 2.19. The minimum Gasteiger partial charge on any atom is -0.466 e. The van der Waals surface area contributed by atoms with Crippen LogP contribution in [0.15, 0.2) is 6.20 Å². The van der Waals surface area contributed by atoms with E-state index in [0.29, 0.717) is 6.61 Å². The van der Waals surface area contributed by atoms with E-state index in [4.69, 9.17) is 4.74 Å². The van der Waals surface area contributed by atoms with Crippen molar-refractivity contribution >= 4 is 5.97 Å². The first kappa shape index (κ1) is 12.0. The molecular weight excluding hydrogens is 220 g/mol. The van der Waals surface area contributed by atoms with Gasteiger partial charge in [-0.15, -0.1) is 0 Å². The van der Waals surface area contributed by atoms with E-state index in [0.717, 1.165) is 38.2 Å². The molecule has 1 aliphatic rings. The smallest absolute Gasteiger partial charge is 0.309 e. The molecule has 0 radical (unpaired) electrons. The van der Waals surface area contributed by atoms with Gasteiger partial charge in [0.1, 0.15) is 0 Å². The molecule has 1 saturated heterocycles. The molecule has 0 amide bonds. The van der Waals surface area contributed by atoms with Crippen LogP contribution in [0.1, 0.15) is 25.5 Å². The maximum atomic E-state index is 11.6. The molecule has 0 bridgehead atoms. The van der Waals surface area contributed by atoms with Gasteiger partial charge >= 0.3 is 5.97 Å². The molecule has 1 aromatic rings. The quantitative estimate of drug-likeness (QED) is 0.777. The van der Waals surface area contributed by atoms with Gasteiger partial charge < -0.3 is 4.74 Å². The van der Waals surface area contributed by atoms with Crippen LogP contribution in [-0.2, 0) is 16.1 Å². The molecule has 1 N–H and O–H groups in total. The number of hydrogen-bond acceptors (Lipinski definition) is 5. The number of carbonyl (C=O) groups excluding carboxylic acids is 1. The van der Waals surface area contributed by atoms with Crippen LogP contribution in [0.25, 0.3) is 0 Å². The van der Waals surface area contributed by atoms with E-state index in [1.165, 1.54) is 0 Å². The van der Waals surface area contributed by atoms with E-state index in [1.54, 1.807) is 6.20 Å². The van der Waals surface area contributed by atoms with Gasteiger partial charge in [-0.1, -0.05) is 0 Å². The summed E-state index contributed by atoms with van der Waals surface area (Å²) >= 11 is 0. The summed E-state index contributed by atoms with van der Waals surface area (Å²) in [6, 6.07) is 0. The Balaban J connectivity index is 1.76. The van der Waals surface area contributed by atoms with Crippen molar-refractivity contribution in [1.82, 2.24) is 20.3 Å². The van der Waals surface area contributed by atoms with Gasteiger partial charge in [0, 0.05) is 6.54 Å². The van der Waals surface area contributed by atoms with Gasteiger partial charge in [0.15, 0.2) is 0 Å². The third-order valence-electron chi connectivity index (χ3n) is 3.06. The molecule has 0 spiro atoms. The number of H-pyrrole nitrogens is 1. The lowest BCUT2D eigenvalue weighted by Crippen LogP contribution is -2.36. The first-order valence-corrected chi connectivity index (χ1v) is 6.03. The number of nitrogens with zero attached hydrogens (tertiary/aromatic N) is 3. The van der Waals surface area contributed by atoms with E-state index >= 15 is 0 Å². The predicted molar refractivity (Wildman–Crippen MR) is 61.0 cm³/mol. The molecular formula is C11H18N4O2. The van der Waals surface area contributed by atoms with Gasteiger partial charge in [0.05, 0.1) is 24.4 Å². The van der Waals surface area contributed by atoms with E-state index in [1.807, 2.05) is 6.92 Å². The third kappa shape index (κ3) is 3.26. The molecule has 0 aliphatic carbocycles. The molecule has 94 valence electrons. The number of piperidine rings is 1. The van der Waals surface area contributed by atoms with Crippen LogP contribution in [0.2, 0.25) is 0 Å². The van der Waals surface area contributed by atoms with Gasteiger partial charge in [-0.2, -0.15) is 15.4 Å². The number of rotatable bonds is 4. The average molecular weight is 238 g/mol. The fraction of sp³-hybridized carbons (Fsp3) is 0.727. The second kappa shape index (κ2) is 5.77. The largest absolute Gasteiger partial charge is 0.466 e. The Kier molecular flexibility index (Phi) is 4.08. The van der Waals surface area contributed by atoms with E-state index in [2.05, 4.69) is 20.3 Å². The zero-order valence-corrected chi connectivity index (χ0v) is 10.1. The van der Waals surface area contributed by atoms with Gasteiger partial charge in [0.25, 0.3) is 0 Å². The third-order valence-corrected chi connectivity index (χ3v) is 3.06. The van der Waals surface area contributed by atoms with Crippen LogP contribution in [0.3, 0.4) is 0 Å². The molecule has 0 aromatic carbocycles. The highest BCUT2D eigenvalue weighted by molar-refractivity contribution is 5.72. The summed E-state index contributed by atoms with van der Waals surface area (Å²) in [4.78, 5) is 13.8. The summed E-state index contributed by atoms with van der Waals surface area (Å²) in [5.74, 6) is 0.0251. The number of likely N-dealkylation sites (tertiary alicyclic amines) is 1. The lowest BCUT2D eigenvalue weighted by molar-refractivity contribution is -0.149. The van der Waals surface area contributed by atoms with Crippen LogP contribution < -0.4 is 0 Å². The summed E-state index contributed by atoms with van der Waals surface area (Å²) in [6.45, 7) is 4.94. The lowest BCUT2D eigenvalue weighted by Gasteiger charge is -2.29. The van der Waals surface area contributed by atoms with Crippen molar-refractivity contribution in [3.05, 3.63) is 11.9 Å². The molecule has 6 heteroatoms. The number of ether oxygens (including phenoxy) is 1. The Labute approximate surface area is 100 Å². The van der Waals surface area contributed by atoms with Gasteiger partial charge in [0.2, 0.25) is 0 Å². The predicted octanol–water partition coefficient (Wildman–Crippen LogP) is 0.580. The Morgan fingerprint density at radius 2 is 2.35 bits per heavy atom. The molecule has 0 unspecified atom stereocenters. The fourth-order valence-electron chi connectivity index (χ4n) is 2.12. The number of carbonyl (C=O) groups is 1. The topological polar surface area (TPSA) is 71.1 Å². The van der Waals surface area contributed by atoms with Gasteiger partial charge in [-0.05, 0) is 32.9 Å². The van der Waals surface area contributed by atoms with Crippen molar-refractivity contribution in [2.24, 2.45) is 5.92 Å². The SMILES string of the molecule is CCOC(=O)C1CCN(Cc2cn[nH]n2)CC1. The minimum atomic E-state index is -0.0476. The van der Waals surface area contributed by atoms with Crippen LogP contribution in [0.5, 0.6) is 0 Å². The standard InChI is InChI=1S/C11H18N4O2/c1-2-17-11(16)9-3-5-15(6-4-9)8-10-7-12-14-13-10/h7,9H,2-6,8H2,1H3,(H,12,13,14). The minimum absolute atomic E-state index is 0.0476. The van der Waals surface area contributed by atoms with Crippen LogP contribution >= 0.6 is 0 Å². The maximum absolute atomic E-state index is 11.6. The molecule has 1 aliphatic heterocycles. The maximum Gasteiger partial charge on any atom is 0.309 e. The van der Waals surface area contributed by atoms with E-state index in [9.17, 15) is 4.79 Å². The van der Waals surface area contributed by atoms with Crippen molar-refractivity contribution in [3.63, 3.8) is 0 Å². The van der Waals surface area contributed by atoms with Crippen molar-refractivity contribution in [1.29, 1.82) is 0 Å². The Hall–Kier alpha value is -1.43. The zero-order chi connectivity index (χ0) is 12.1. The number of nitrogens with one attached hydrogen (secondary N) is 1. The molecule has 1 aromatic heterocycles. The zero-order valence-electron chi connectivity index (χ0n) is 10.1. The van der Waals surface area contributed by atoms with Crippen molar-refractivity contribution in [2.75, 3.05) is 19.7 Å². The molecule has 17 heavy (non-hydrogen) atoms. The Morgan fingerprint density at radius 1 is 1.59 bits per heavy atom. The monoisotopic (exact) mass is 238 g/mol. The number of esters is 1. The molecule has 6 nitrogen and oxygen atoms in total. The average Bonchev–Trinajstić information content (AvgIpc) is 2.83. The van der Waals surface area contributed by atoms with Crippen LogP contribution in [0.4, 0.5) is 0 Å². The molecule has 1 fully saturated rings. The van der Waals surface area contributed by atoms with Crippen molar-refractivity contribution in [2.45, 2.75) is 26.3 Å². The Morgan fingerprint density at radius 3 is 2.94 bits per heavy atom. The summed E-state index contributed by atoms with van der Waals surface area (Å²) in [5, 5.41) is 10.4. The van der Waals surface area contributed by atoms with Crippen molar-refractivity contribution in [3.8, 4) is 0 Å². The van der Waals surface area contributed by atoms with E-state index < -0.39 is 0 Å². The second-order valence-corrected chi connectivity index (χ2v) is 4.26. The lowest BCUT2D eigenvalue weighted by atomic mass is 9.97. The highest BCUT2D eigenvalue weighted by atomic mass is 16.5. The summed E-state index contributed by atoms with van der Waals surface area (Å²) in [5.41, 5.74) is 0.944. The van der Waals surface area contributed by atoms with E-state index in [-0.39, 0.29) is 11.9 Å². The first-order chi connectivity index (χ1) is 8.29. The highest BCUT2D eigenvalue weighted by Gasteiger charge is 2.26. The molecule has 2 heterocycles. The molecule has 2 rings (SSSR count). The summed E-state index contributed by atoms with van der Waals surface area (Å²) in [6.07, 6.45) is 3.48. The fourth-order valence-corrected chi connectivity index (χ4v) is 2.12. The van der Waals surface area contributed by atoms with Crippen molar-refractivity contribution < 1.29 is 9.53 Å². The van der Waals surface area contributed by atoms with Crippen LogP contribution in [-0.4, -0.2) is 46.0 Å². The summed E-state index contributed by atoms with van der Waals surface area (Å²) < 4.78 is 5.04. The number of aromatic nitrogens is 3. The normalized spacial score (nSPS) is 18.2. The van der Waals surface area contributed by atoms with Crippen LogP contribution in [0, 0.1) is 5.92 Å². The number of aromatic amines is 1. The molecule has 0 atom stereocenters. The number of hydrogen-bond donors (Lipinski definition) is 1. The Bertz CT molecular complexity index is 344.